The minimum Gasteiger partial charge on any atom is -0.423 e. The second-order valence-corrected chi connectivity index (χ2v) is 5.36. The molecule has 112 valence electrons. The summed E-state index contributed by atoms with van der Waals surface area (Å²) in [5.41, 5.74) is 10.6. The molecule has 0 spiro atoms. The number of oxazole rings is 1. The van der Waals surface area contributed by atoms with Crippen molar-refractivity contribution in [1.29, 1.82) is 0 Å². The number of carbonyl (C=O) groups is 1. The van der Waals surface area contributed by atoms with E-state index in [1.54, 1.807) is 6.07 Å². The highest BCUT2D eigenvalue weighted by Crippen LogP contribution is 2.27. The maximum atomic E-state index is 11.0. The average molecular weight is 295 g/mol. The summed E-state index contributed by atoms with van der Waals surface area (Å²) in [5.74, 6) is -0.368. The second kappa shape index (κ2) is 5.52. The van der Waals surface area contributed by atoms with Crippen molar-refractivity contribution in [3.63, 3.8) is 0 Å². The molecule has 5 nitrogen and oxygen atoms in total. The van der Waals surface area contributed by atoms with E-state index in [1.807, 2.05) is 44.2 Å². The van der Waals surface area contributed by atoms with Crippen molar-refractivity contribution in [3.05, 3.63) is 53.1 Å². The first-order valence-electron chi connectivity index (χ1n) is 7.04. The van der Waals surface area contributed by atoms with Gasteiger partial charge in [-0.15, -0.1) is 0 Å². The van der Waals surface area contributed by atoms with E-state index < -0.39 is 0 Å². The summed E-state index contributed by atoms with van der Waals surface area (Å²) in [4.78, 5) is 15.4. The lowest BCUT2D eigenvalue weighted by Crippen LogP contribution is -2.13. The van der Waals surface area contributed by atoms with E-state index in [-0.39, 0.29) is 12.3 Å². The molecular weight excluding hydrogens is 278 g/mol. The first-order valence-corrected chi connectivity index (χ1v) is 7.04. The zero-order valence-electron chi connectivity index (χ0n) is 12.5. The highest BCUT2D eigenvalue weighted by molar-refractivity contribution is 5.80. The Morgan fingerprint density at radius 3 is 2.64 bits per heavy atom. The Labute approximate surface area is 128 Å². The molecule has 22 heavy (non-hydrogen) atoms. The highest BCUT2D eigenvalue weighted by Gasteiger charge is 2.10. The van der Waals surface area contributed by atoms with Crippen LogP contribution in [-0.2, 0) is 11.2 Å². The summed E-state index contributed by atoms with van der Waals surface area (Å²) in [5, 5.41) is 3.22. The van der Waals surface area contributed by atoms with Crippen molar-refractivity contribution in [2.45, 2.75) is 20.3 Å². The molecule has 3 aromatic rings. The van der Waals surface area contributed by atoms with E-state index in [1.165, 1.54) is 0 Å². The van der Waals surface area contributed by atoms with Gasteiger partial charge in [0, 0.05) is 5.69 Å². The molecular formula is C17H17N3O2. The monoisotopic (exact) mass is 295 g/mol. The molecule has 5 heteroatoms. The van der Waals surface area contributed by atoms with E-state index in [0.29, 0.717) is 11.6 Å². The van der Waals surface area contributed by atoms with Gasteiger partial charge in [0.15, 0.2) is 5.58 Å². The molecule has 3 N–H and O–H groups in total. The number of hydrogen-bond donors (Lipinski definition) is 2. The van der Waals surface area contributed by atoms with E-state index in [4.69, 9.17) is 10.2 Å². The van der Waals surface area contributed by atoms with Crippen molar-refractivity contribution in [2.24, 2.45) is 5.73 Å². The van der Waals surface area contributed by atoms with Crippen LogP contribution in [0.3, 0.4) is 0 Å². The molecule has 0 aliphatic heterocycles. The number of anilines is 2. The molecule has 0 saturated carbocycles. The smallest absolute Gasteiger partial charge is 0.300 e. The van der Waals surface area contributed by atoms with Crippen molar-refractivity contribution >= 4 is 28.7 Å². The number of hydrogen-bond acceptors (Lipinski definition) is 4. The molecule has 0 aliphatic carbocycles. The number of fused-ring (bicyclic) bond motifs is 1. The summed E-state index contributed by atoms with van der Waals surface area (Å²) in [7, 11) is 0. The number of nitrogens with zero attached hydrogens (tertiary/aromatic N) is 1. The lowest BCUT2D eigenvalue weighted by molar-refractivity contribution is -0.117. The summed E-state index contributed by atoms with van der Waals surface area (Å²) >= 11 is 0. The van der Waals surface area contributed by atoms with Crippen LogP contribution in [0.15, 0.2) is 40.8 Å². The SMILES string of the molecule is Cc1cccc(C)c1Nc1nc2ccc(CC(N)=O)cc2o1. The Bertz CT molecular complexity index is 832. The van der Waals surface area contributed by atoms with Crippen molar-refractivity contribution in [3.8, 4) is 0 Å². The van der Waals surface area contributed by atoms with Gasteiger partial charge in [0.1, 0.15) is 5.52 Å². The fourth-order valence-electron chi connectivity index (χ4n) is 2.45. The number of rotatable bonds is 4. The van der Waals surface area contributed by atoms with Gasteiger partial charge in [-0.3, -0.25) is 4.79 Å². The van der Waals surface area contributed by atoms with Gasteiger partial charge in [0.2, 0.25) is 5.91 Å². The number of aromatic nitrogens is 1. The lowest BCUT2D eigenvalue weighted by atomic mass is 10.1. The van der Waals surface area contributed by atoms with Crippen LogP contribution in [0.5, 0.6) is 0 Å². The van der Waals surface area contributed by atoms with E-state index >= 15 is 0 Å². The van der Waals surface area contributed by atoms with Gasteiger partial charge >= 0.3 is 0 Å². The van der Waals surface area contributed by atoms with Gasteiger partial charge in [-0.1, -0.05) is 24.3 Å². The largest absolute Gasteiger partial charge is 0.423 e. The fourth-order valence-corrected chi connectivity index (χ4v) is 2.45. The van der Waals surface area contributed by atoms with Crippen LogP contribution in [0.4, 0.5) is 11.7 Å². The zero-order valence-corrected chi connectivity index (χ0v) is 12.5. The Morgan fingerprint density at radius 2 is 1.95 bits per heavy atom. The van der Waals surface area contributed by atoms with Crippen LogP contribution in [0.25, 0.3) is 11.1 Å². The van der Waals surface area contributed by atoms with Crippen LogP contribution < -0.4 is 11.1 Å². The first-order chi connectivity index (χ1) is 10.5. The standard InChI is InChI=1S/C17H17N3O2/c1-10-4-3-5-11(2)16(10)20-17-19-13-7-6-12(9-15(18)21)8-14(13)22-17/h3-8H,9H2,1-2H3,(H2,18,21)(H,19,20). The molecule has 1 aromatic heterocycles. The molecule has 0 radical (unpaired) electrons. The molecule has 0 aliphatic rings. The molecule has 2 aromatic carbocycles. The average Bonchev–Trinajstić information content (AvgIpc) is 2.84. The lowest BCUT2D eigenvalue weighted by Gasteiger charge is -2.08. The summed E-state index contributed by atoms with van der Waals surface area (Å²) < 4.78 is 5.73. The number of para-hydroxylation sites is 1. The summed E-state index contributed by atoms with van der Waals surface area (Å²) in [6, 6.07) is 12.0. The van der Waals surface area contributed by atoms with E-state index in [9.17, 15) is 4.79 Å². The molecule has 1 amide bonds. The fraction of sp³-hybridized carbons (Fsp3) is 0.176. The molecule has 0 unspecified atom stereocenters. The van der Waals surface area contributed by atoms with Gasteiger partial charge in [-0.25, -0.2) is 0 Å². The highest BCUT2D eigenvalue weighted by atomic mass is 16.4. The summed E-state index contributed by atoms with van der Waals surface area (Å²) in [6.45, 7) is 4.06. The minimum atomic E-state index is -0.368. The summed E-state index contributed by atoms with van der Waals surface area (Å²) in [6.07, 6.45) is 0.191. The predicted molar refractivity (Wildman–Crippen MR) is 86.1 cm³/mol. The number of aryl methyl sites for hydroxylation is 2. The normalized spacial score (nSPS) is 10.8. The third-order valence-electron chi connectivity index (χ3n) is 3.54. The van der Waals surface area contributed by atoms with Gasteiger partial charge < -0.3 is 15.5 Å². The predicted octanol–water partition coefficient (Wildman–Crippen LogP) is 3.22. The van der Waals surface area contributed by atoms with Crippen LogP contribution in [0.2, 0.25) is 0 Å². The van der Waals surface area contributed by atoms with Gasteiger partial charge in [0.25, 0.3) is 6.01 Å². The third kappa shape index (κ3) is 2.79. The van der Waals surface area contributed by atoms with Crippen molar-refractivity contribution in [1.82, 2.24) is 4.98 Å². The van der Waals surface area contributed by atoms with Gasteiger partial charge in [-0.2, -0.15) is 4.98 Å². The Hall–Kier alpha value is -2.82. The molecule has 1 heterocycles. The Balaban J connectivity index is 1.93. The minimum absolute atomic E-state index is 0.191. The maximum absolute atomic E-state index is 11.0. The number of nitrogens with one attached hydrogen (secondary N) is 1. The number of primary amides is 1. The first kappa shape index (κ1) is 14.1. The van der Waals surface area contributed by atoms with Crippen molar-refractivity contribution < 1.29 is 9.21 Å². The van der Waals surface area contributed by atoms with Crippen LogP contribution in [-0.4, -0.2) is 10.9 Å². The zero-order chi connectivity index (χ0) is 15.7. The molecule has 0 saturated heterocycles. The van der Waals surface area contributed by atoms with E-state index in [0.717, 1.165) is 27.9 Å². The Kier molecular flexibility index (Phi) is 3.55. The molecule has 0 bridgehead atoms. The van der Waals surface area contributed by atoms with Gasteiger partial charge in [0.05, 0.1) is 6.42 Å². The number of carbonyl (C=O) groups excluding carboxylic acids is 1. The van der Waals surface area contributed by atoms with Crippen molar-refractivity contribution in [2.75, 3.05) is 5.32 Å². The Morgan fingerprint density at radius 1 is 1.23 bits per heavy atom. The molecule has 0 atom stereocenters. The van der Waals surface area contributed by atoms with E-state index in [2.05, 4.69) is 10.3 Å². The van der Waals surface area contributed by atoms with Crippen LogP contribution in [0, 0.1) is 13.8 Å². The second-order valence-electron chi connectivity index (χ2n) is 5.36. The molecule has 3 rings (SSSR count). The van der Waals surface area contributed by atoms with Crippen LogP contribution >= 0.6 is 0 Å². The number of nitrogens with two attached hydrogens (primary N) is 1. The molecule has 0 fully saturated rings. The quantitative estimate of drug-likeness (QED) is 0.774. The number of benzene rings is 2. The maximum Gasteiger partial charge on any atom is 0.300 e. The number of amides is 1. The third-order valence-corrected chi connectivity index (χ3v) is 3.54. The topological polar surface area (TPSA) is 81.1 Å². The van der Waals surface area contributed by atoms with Gasteiger partial charge in [-0.05, 0) is 42.7 Å². The van der Waals surface area contributed by atoms with Crippen LogP contribution in [0.1, 0.15) is 16.7 Å².